The molecular formula is C29H45N5O2. The van der Waals surface area contributed by atoms with E-state index in [1.807, 2.05) is 12.1 Å². The van der Waals surface area contributed by atoms with Gasteiger partial charge in [0, 0.05) is 18.8 Å². The molecule has 0 bridgehead atoms. The van der Waals surface area contributed by atoms with Crippen LogP contribution in [0.5, 0.6) is 0 Å². The molecule has 4 N–H and O–H groups in total. The number of anilines is 1. The molecule has 1 saturated heterocycles. The van der Waals surface area contributed by atoms with Gasteiger partial charge in [-0.1, -0.05) is 70.9 Å². The Kier molecular flexibility index (Phi) is 8.58. The molecule has 2 aliphatic carbocycles. The highest BCUT2D eigenvalue weighted by molar-refractivity contribution is 6.07. The third-order valence-corrected chi connectivity index (χ3v) is 8.70. The maximum Gasteiger partial charge on any atom is 0.319 e. The summed E-state index contributed by atoms with van der Waals surface area (Å²) in [7, 11) is 1.71. The van der Waals surface area contributed by atoms with Crippen LogP contribution in [-0.4, -0.2) is 41.4 Å². The van der Waals surface area contributed by atoms with Gasteiger partial charge in [-0.25, -0.2) is 4.79 Å². The van der Waals surface area contributed by atoms with Crippen molar-refractivity contribution < 1.29 is 9.59 Å². The minimum absolute atomic E-state index is 0.0426. The fourth-order valence-electron chi connectivity index (χ4n) is 6.53. The molecular weight excluding hydrogens is 450 g/mol. The van der Waals surface area contributed by atoms with Crippen molar-refractivity contribution in [2.24, 2.45) is 11.8 Å². The molecule has 1 aromatic rings. The number of likely N-dealkylation sites (N-methyl/N-ethyl adjacent to an activating group) is 1. The molecule has 198 valence electrons. The van der Waals surface area contributed by atoms with Crippen LogP contribution in [0, 0.1) is 17.2 Å². The molecule has 0 radical (unpaired) electrons. The first-order chi connectivity index (χ1) is 17.3. The zero-order valence-corrected chi connectivity index (χ0v) is 22.4. The first-order valence-electron chi connectivity index (χ1n) is 14.1. The maximum atomic E-state index is 13.4. The van der Waals surface area contributed by atoms with Gasteiger partial charge in [0.15, 0.2) is 5.96 Å². The van der Waals surface area contributed by atoms with E-state index in [2.05, 4.69) is 41.9 Å². The Labute approximate surface area is 216 Å². The molecule has 1 heterocycles. The SMILES string of the molecule is CC(C)c1ccc(NC(=O)N[C@@H]2CCC[C@H](C[C@@]3(CCC4CCCCC4)NC(=N)N(C)C3=O)C2)cc1. The van der Waals surface area contributed by atoms with Gasteiger partial charge in [0.05, 0.1) is 0 Å². The van der Waals surface area contributed by atoms with Crippen molar-refractivity contribution in [2.75, 3.05) is 12.4 Å². The highest BCUT2D eigenvalue weighted by Crippen LogP contribution is 2.38. The molecule has 0 aromatic heterocycles. The first-order valence-corrected chi connectivity index (χ1v) is 14.1. The van der Waals surface area contributed by atoms with Crippen molar-refractivity contribution in [1.82, 2.24) is 15.5 Å². The van der Waals surface area contributed by atoms with Crippen LogP contribution >= 0.6 is 0 Å². The average Bonchev–Trinajstić information content (AvgIpc) is 3.07. The summed E-state index contributed by atoms with van der Waals surface area (Å²) in [5.41, 5.74) is 1.38. The van der Waals surface area contributed by atoms with Crippen molar-refractivity contribution in [3.63, 3.8) is 0 Å². The summed E-state index contributed by atoms with van der Waals surface area (Å²) in [5, 5.41) is 17.8. The second kappa shape index (κ2) is 11.7. The van der Waals surface area contributed by atoms with Crippen LogP contribution in [0.1, 0.15) is 102 Å². The lowest BCUT2D eigenvalue weighted by Crippen LogP contribution is -2.50. The number of hydrogen-bond donors (Lipinski definition) is 4. The number of hydrogen-bond acceptors (Lipinski definition) is 3. The number of guanidine groups is 1. The molecule has 7 heteroatoms. The van der Waals surface area contributed by atoms with E-state index in [0.717, 1.165) is 50.6 Å². The largest absolute Gasteiger partial charge is 0.342 e. The van der Waals surface area contributed by atoms with E-state index in [0.29, 0.717) is 17.8 Å². The molecule has 4 rings (SSSR count). The number of nitrogens with zero attached hydrogens (tertiary/aromatic N) is 1. The number of carbonyl (C=O) groups is 2. The highest BCUT2D eigenvalue weighted by atomic mass is 16.2. The van der Waals surface area contributed by atoms with Gasteiger partial charge in [0.1, 0.15) is 5.54 Å². The van der Waals surface area contributed by atoms with Crippen LogP contribution in [0.4, 0.5) is 10.5 Å². The van der Waals surface area contributed by atoms with E-state index in [4.69, 9.17) is 5.41 Å². The number of carbonyl (C=O) groups excluding carboxylic acids is 2. The molecule has 0 unspecified atom stereocenters. The number of urea groups is 1. The molecule has 7 nitrogen and oxygen atoms in total. The van der Waals surface area contributed by atoms with E-state index < -0.39 is 5.54 Å². The molecule has 3 fully saturated rings. The Balaban J connectivity index is 1.34. The average molecular weight is 496 g/mol. The van der Waals surface area contributed by atoms with Gasteiger partial charge in [0.25, 0.3) is 5.91 Å². The van der Waals surface area contributed by atoms with Gasteiger partial charge in [-0.3, -0.25) is 15.1 Å². The summed E-state index contributed by atoms with van der Waals surface area (Å²) in [6.07, 6.45) is 13.0. The van der Waals surface area contributed by atoms with Crippen molar-refractivity contribution in [2.45, 2.75) is 108 Å². The number of benzene rings is 1. The fraction of sp³-hybridized carbons (Fsp3) is 0.690. The standard InChI is InChI=1S/C29H45N5O2/c1-20(2)23-12-14-24(15-13-23)31-28(36)32-25-11-7-10-22(18-25)19-29(26(35)34(3)27(30)33-29)17-16-21-8-5-4-6-9-21/h12-15,20-22,25H,4-11,16-19H2,1-3H3,(H2,30,33)(H2,31,32,36)/t22-,25+,29+/m0/s1. The Morgan fingerprint density at radius 3 is 2.42 bits per heavy atom. The van der Waals surface area contributed by atoms with Crippen LogP contribution in [0.2, 0.25) is 0 Å². The second-order valence-electron chi connectivity index (χ2n) is 11.8. The Bertz CT molecular complexity index is 924. The molecule has 2 saturated carbocycles. The van der Waals surface area contributed by atoms with E-state index in [1.165, 1.54) is 42.6 Å². The van der Waals surface area contributed by atoms with Crippen LogP contribution < -0.4 is 16.0 Å². The molecule has 3 amide bonds. The molecule has 1 aliphatic heterocycles. The quantitative estimate of drug-likeness (QED) is 0.357. The molecule has 3 atom stereocenters. The topological polar surface area (TPSA) is 97.3 Å². The molecule has 0 spiro atoms. The monoisotopic (exact) mass is 495 g/mol. The normalized spacial score (nSPS) is 27.3. The van der Waals surface area contributed by atoms with E-state index in [-0.39, 0.29) is 23.9 Å². The summed E-state index contributed by atoms with van der Waals surface area (Å²) >= 11 is 0. The lowest BCUT2D eigenvalue weighted by molar-refractivity contribution is -0.131. The van der Waals surface area contributed by atoms with Crippen molar-refractivity contribution >= 4 is 23.6 Å². The number of amides is 3. The van der Waals surface area contributed by atoms with Crippen LogP contribution in [0.3, 0.4) is 0 Å². The van der Waals surface area contributed by atoms with Crippen molar-refractivity contribution in [3.8, 4) is 0 Å². The van der Waals surface area contributed by atoms with Crippen molar-refractivity contribution in [1.29, 1.82) is 5.41 Å². The van der Waals surface area contributed by atoms with Gasteiger partial charge in [-0.15, -0.1) is 0 Å². The molecule has 36 heavy (non-hydrogen) atoms. The third kappa shape index (κ3) is 6.40. The maximum absolute atomic E-state index is 13.4. The summed E-state index contributed by atoms with van der Waals surface area (Å²) in [6, 6.07) is 7.97. The Morgan fingerprint density at radius 2 is 1.78 bits per heavy atom. The molecule has 3 aliphatic rings. The molecule has 1 aromatic carbocycles. The van der Waals surface area contributed by atoms with Crippen molar-refractivity contribution in [3.05, 3.63) is 29.8 Å². The summed E-state index contributed by atoms with van der Waals surface area (Å²) in [4.78, 5) is 27.5. The number of nitrogens with one attached hydrogen (secondary N) is 4. The van der Waals surface area contributed by atoms with Gasteiger partial charge >= 0.3 is 6.03 Å². The van der Waals surface area contributed by atoms with Gasteiger partial charge < -0.3 is 16.0 Å². The van der Waals surface area contributed by atoms with E-state index in [1.54, 1.807) is 7.05 Å². The van der Waals surface area contributed by atoms with Gasteiger partial charge in [-0.05, 0) is 67.6 Å². The minimum Gasteiger partial charge on any atom is -0.342 e. The summed E-state index contributed by atoms with van der Waals surface area (Å²) in [5.74, 6) is 1.77. The van der Waals surface area contributed by atoms with Gasteiger partial charge in [-0.2, -0.15) is 0 Å². The zero-order chi connectivity index (χ0) is 25.7. The van der Waals surface area contributed by atoms with Crippen LogP contribution in [0.25, 0.3) is 0 Å². The summed E-state index contributed by atoms with van der Waals surface area (Å²) in [6.45, 7) is 4.31. The summed E-state index contributed by atoms with van der Waals surface area (Å²) < 4.78 is 0. The third-order valence-electron chi connectivity index (χ3n) is 8.70. The lowest BCUT2D eigenvalue weighted by Gasteiger charge is -2.36. The Morgan fingerprint density at radius 1 is 1.08 bits per heavy atom. The lowest BCUT2D eigenvalue weighted by atomic mass is 9.74. The van der Waals surface area contributed by atoms with Gasteiger partial charge in [0.2, 0.25) is 0 Å². The predicted molar refractivity (Wildman–Crippen MR) is 145 cm³/mol. The first kappa shape index (κ1) is 26.5. The van der Waals surface area contributed by atoms with Crippen LogP contribution in [0.15, 0.2) is 24.3 Å². The predicted octanol–water partition coefficient (Wildman–Crippen LogP) is 5.98. The number of rotatable bonds is 8. The second-order valence-corrected chi connectivity index (χ2v) is 11.8. The Hall–Kier alpha value is -2.57. The van der Waals surface area contributed by atoms with E-state index in [9.17, 15) is 9.59 Å². The highest BCUT2D eigenvalue weighted by Gasteiger charge is 2.49. The minimum atomic E-state index is -0.670. The smallest absolute Gasteiger partial charge is 0.319 e. The van der Waals surface area contributed by atoms with Crippen LogP contribution in [-0.2, 0) is 4.79 Å². The fourth-order valence-corrected chi connectivity index (χ4v) is 6.53. The zero-order valence-electron chi connectivity index (χ0n) is 22.4. The van der Waals surface area contributed by atoms with E-state index >= 15 is 0 Å².